The summed E-state index contributed by atoms with van der Waals surface area (Å²) in [6.45, 7) is 6.19. The normalized spacial score (nSPS) is 13.3. The lowest BCUT2D eigenvalue weighted by atomic mass is 10.0. The van der Waals surface area contributed by atoms with E-state index in [4.69, 9.17) is 4.74 Å². The second-order valence-corrected chi connectivity index (χ2v) is 7.08. The number of nitrogens with zero attached hydrogens (tertiary/aromatic N) is 1. The second kappa shape index (κ2) is 10.1. The molecule has 0 saturated carbocycles. The van der Waals surface area contributed by atoms with E-state index < -0.39 is 0 Å². The van der Waals surface area contributed by atoms with Crippen LogP contribution < -0.4 is 15.0 Å². The topological polar surface area (TPSA) is 24.5 Å². The lowest BCUT2D eigenvalue weighted by Gasteiger charge is -2.31. The van der Waals surface area contributed by atoms with Crippen LogP contribution in [0, 0.1) is 0 Å². The first-order valence-corrected chi connectivity index (χ1v) is 10.2. The molecule has 1 N–H and O–H groups in total. The molecule has 1 heterocycles. The number of anilines is 2. The van der Waals surface area contributed by atoms with E-state index in [0.717, 1.165) is 44.1 Å². The molecule has 2 aromatic carbocycles. The van der Waals surface area contributed by atoms with E-state index in [1.807, 2.05) is 0 Å². The molecular weight excluding hydrogens is 320 g/mol. The third-order valence-corrected chi connectivity index (χ3v) is 5.04. The van der Waals surface area contributed by atoms with Gasteiger partial charge in [0.25, 0.3) is 0 Å². The van der Waals surface area contributed by atoms with E-state index in [9.17, 15) is 0 Å². The van der Waals surface area contributed by atoms with Gasteiger partial charge in [0.2, 0.25) is 0 Å². The minimum Gasteiger partial charge on any atom is -0.494 e. The predicted molar refractivity (Wildman–Crippen MR) is 112 cm³/mol. The zero-order chi connectivity index (χ0) is 18.0. The molecule has 0 radical (unpaired) electrons. The summed E-state index contributed by atoms with van der Waals surface area (Å²) in [6, 6.07) is 17.2. The van der Waals surface area contributed by atoms with Crippen molar-refractivity contribution in [3.63, 3.8) is 0 Å². The third kappa shape index (κ3) is 5.42. The van der Waals surface area contributed by atoms with Crippen molar-refractivity contribution in [2.75, 3.05) is 36.5 Å². The smallest absolute Gasteiger partial charge is 0.119 e. The summed E-state index contributed by atoms with van der Waals surface area (Å²) < 4.78 is 5.81. The minimum absolute atomic E-state index is 0.821. The van der Waals surface area contributed by atoms with Crippen molar-refractivity contribution in [1.29, 1.82) is 0 Å². The first kappa shape index (κ1) is 18.6. The molecule has 26 heavy (non-hydrogen) atoms. The van der Waals surface area contributed by atoms with Crippen molar-refractivity contribution in [2.24, 2.45) is 0 Å². The van der Waals surface area contributed by atoms with Gasteiger partial charge in [-0.3, -0.25) is 0 Å². The van der Waals surface area contributed by atoms with Crippen LogP contribution >= 0.6 is 0 Å². The van der Waals surface area contributed by atoms with Gasteiger partial charge in [-0.2, -0.15) is 0 Å². The fraction of sp³-hybridized carbons (Fsp3) is 0.478. The molecule has 0 unspecified atom stereocenters. The van der Waals surface area contributed by atoms with E-state index in [1.165, 1.54) is 43.4 Å². The number of hydrogen-bond acceptors (Lipinski definition) is 3. The number of aryl methyl sites for hydroxylation is 1. The standard InChI is InChI=1S/C23H32N2O/c1-2-3-4-7-19-26-22-14-12-21(13-15-22)24-16-18-25-17-8-10-20-9-5-6-11-23(20)25/h5-6,9,11-15,24H,2-4,7-8,10,16-19H2,1H3. The average Bonchev–Trinajstić information content (AvgIpc) is 2.69. The summed E-state index contributed by atoms with van der Waals surface area (Å²) in [6.07, 6.45) is 7.43. The SMILES string of the molecule is CCCCCCOc1ccc(NCCN2CCCc3ccccc32)cc1. The van der Waals surface area contributed by atoms with E-state index in [-0.39, 0.29) is 0 Å². The van der Waals surface area contributed by atoms with Gasteiger partial charge < -0.3 is 15.0 Å². The highest BCUT2D eigenvalue weighted by atomic mass is 16.5. The van der Waals surface area contributed by atoms with Crippen molar-refractivity contribution in [1.82, 2.24) is 0 Å². The number of ether oxygens (including phenoxy) is 1. The number of benzene rings is 2. The Labute approximate surface area is 158 Å². The fourth-order valence-corrected chi connectivity index (χ4v) is 3.57. The maximum atomic E-state index is 5.81. The highest BCUT2D eigenvalue weighted by Gasteiger charge is 2.15. The van der Waals surface area contributed by atoms with Crippen LogP contribution in [0.3, 0.4) is 0 Å². The summed E-state index contributed by atoms with van der Waals surface area (Å²) in [4.78, 5) is 2.50. The van der Waals surface area contributed by atoms with Crippen molar-refractivity contribution >= 4 is 11.4 Å². The Morgan fingerprint density at radius 3 is 2.69 bits per heavy atom. The minimum atomic E-state index is 0.821. The first-order valence-electron chi connectivity index (χ1n) is 10.2. The quantitative estimate of drug-likeness (QED) is 0.571. The molecule has 0 amide bonds. The van der Waals surface area contributed by atoms with Crippen LogP contribution in [0.25, 0.3) is 0 Å². The van der Waals surface area contributed by atoms with Crippen LogP contribution in [0.1, 0.15) is 44.6 Å². The molecule has 3 rings (SSSR count). The lowest BCUT2D eigenvalue weighted by Crippen LogP contribution is -2.33. The van der Waals surface area contributed by atoms with Crippen LogP contribution in [0.2, 0.25) is 0 Å². The zero-order valence-corrected chi connectivity index (χ0v) is 16.0. The molecule has 0 atom stereocenters. The molecule has 2 aromatic rings. The molecule has 0 aliphatic carbocycles. The van der Waals surface area contributed by atoms with Gasteiger partial charge in [-0.1, -0.05) is 44.4 Å². The Kier molecular flexibility index (Phi) is 7.24. The maximum Gasteiger partial charge on any atom is 0.119 e. The fourth-order valence-electron chi connectivity index (χ4n) is 3.57. The third-order valence-electron chi connectivity index (χ3n) is 5.04. The Bertz CT molecular complexity index is 654. The van der Waals surface area contributed by atoms with Gasteiger partial charge in [-0.15, -0.1) is 0 Å². The first-order chi connectivity index (χ1) is 12.9. The van der Waals surface area contributed by atoms with E-state index in [0.29, 0.717) is 0 Å². The number of unbranched alkanes of at least 4 members (excludes halogenated alkanes) is 3. The van der Waals surface area contributed by atoms with Gasteiger partial charge in [0.1, 0.15) is 5.75 Å². The van der Waals surface area contributed by atoms with E-state index in [2.05, 4.69) is 65.7 Å². The molecule has 1 aliphatic heterocycles. The molecule has 0 fully saturated rings. The van der Waals surface area contributed by atoms with Crippen molar-refractivity contribution < 1.29 is 4.74 Å². The molecule has 0 spiro atoms. The Morgan fingerprint density at radius 1 is 1.00 bits per heavy atom. The van der Waals surface area contributed by atoms with Gasteiger partial charge in [0.15, 0.2) is 0 Å². The van der Waals surface area contributed by atoms with E-state index in [1.54, 1.807) is 0 Å². The summed E-state index contributed by atoms with van der Waals surface area (Å²) in [7, 11) is 0. The monoisotopic (exact) mass is 352 g/mol. The summed E-state index contributed by atoms with van der Waals surface area (Å²) in [5.41, 5.74) is 4.06. The highest BCUT2D eigenvalue weighted by molar-refractivity contribution is 5.55. The van der Waals surface area contributed by atoms with E-state index >= 15 is 0 Å². The molecule has 140 valence electrons. The number of nitrogens with one attached hydrogen (secondary N) is 1. The lowest BCUT2D eigenvalue weighted by molar-refractivity contribution is 0.305. The molecule has 0 saturated heterocycles. The summed E-state index contributed by atoms with van der Waals surface area (Å²) in [5, 5.41) is 3.54. The molecule has 1 aliphatic rings. The zero-order valence-electron chi connectivity index (χ0n) is 16.0. The number of hydrogen-bond donors (Lipinski definition) is 1. The van der Waals surface area contributed by atoms with Gasteiger partial charge in [-0.05, 0) is 55.2 Å². The Balaban J connectivity index is 1.40. The summed E-state index contributed by atoms with van der Waals surface area (Å²) in [5.74, 6) is 0.969. The van der Waals surface area contributed by atoms with Gasteiger partial charge in [-0.25, -0.2) is 0 Å². The van der Waals surface area contributed by atoms with Crippen LogP contribution in [0.5, 0.6) is 5.75 Å². The van der Waals surface area contributed by atoms with Crippen LogP contribution in [-0.2, 0) is 6.42 Å². The molecule has 3 heteroatoms. The van der Waals surface area contributed by atoms with Crippen molar-refractivity contribution in [2.45, 2.75) is 45.4 Å². The maximum absolute atomic E-state index is 5.81. The number of para-hydroxylation sites is 1. The average molecular weight is 353 g/mol. The van der Waals surface area contributed by atoms with Crippen LogP contribution in [0.4, 0.5) is 11.4 Å². The van der Waals surface area contributed by atoms with Gasteiger partial charge >= 0.3 is 0 Å². The molecule has 0 bridgehead atoms. The van der Waals surface area contributed by atoms with Crippen LogP contribution in [0.15, 0.2) is 48.5 Å². The number of rotatable bonds is 10. The molecular formula is C23H32N2O. The Hall–Kier alpha value is -2.16. The molecule has 0 aromatic heterocycles. The van der Waals surface area contributed by atoms with Crippen molar-refractivity contribution in [3.05, 3.63) is 54.1 Å². The second-order valence-electron chi connectivity index (χ2n) is 7.08. The largest absolute Gasteiger partial charge is 0.494 e. The highest BCUT2D eigenvalue weighted by Crippen LogP contribution is 2.26. The predicted octanol–water partition coefficient (Wildman–Crippen LogP) is 5.51. The van der Waals surface area contributed by atoms with Crippen LogP contribution in [-0.4, -0.2) is 26.2 Å². The van der Waals surface area contributed by atoms with Gasteiger partial charge in [0.05, 0.1) is 6.61 Å². The summed E-state index contributed by atoms with van der Waals surface area (Å²) >= 11 is 0. The number of fused-ring (bicyclic) bond motifs is 1. The Morgan fingerprint density at radius 2 is 1.85 bits per heavy atom. The van der Waals surface area contributed by atoms with Gasteiger partial charge in [0, 0.05) is 31.0 Å². The molecule has 3 nitrogen and oxygen atoms in total. The van der Waals surface area contributed by atoms with Crippen molar-refractivity contribution in [3.8, 4) is 5.75 Å².